The van der Waals surface area contributed by atoms with Gasteiger partial charge in [0.15, 0.2) is 21.4 Å². The maximum Gasteiger partial charge on any atom is 0.253 e. The van der Waals surface area contributed by atoms with Gasteiger partial charge in [0, 0.05) is 38.5 Å². The Labute approximate surface area is 145 Å². The summed E-state index contributed by atoms with van der Waals surface area (Å²) in [5.41, 5.74) is 0.174. The van der Waals surface area contributed by atoms with E-state index in [4.69, 9.17) is 4.74 Å². The smallest absolute Gasteiger partial charge is 0.253 e. The van der Waals surface area contributed by atoms with Crippen LogP contribution in [-0.4, -0.2) is 67.9 Å². The van der Waals surface area contributed by atoms with E-state index in [1.165, 1.54) is 36.1 Å². The Bertz CT molecular complexity index is 831. The molecule has 7 nitrogen and oxygen atoms in total. The van der Waals surface area contributed by atoms with E-state index in [-0.39, 0.29) is 43.2 Å². The van der Waals surface area contributed by atoms with E-state index >= 15 is 0 Å². The fourth-order valence-electron chi connectivity index (χ4n) is 3.52. The van der Waals surface area contributed by atoms with Gasteiger partial charge in [-0.05, 0) is 18.2 Å². The lowest BCUT2D eigenvalue weighted by Gasteiger charge is -2.41. The van der Waals surface area contributed by atoms with Gasteiger partial charge in [-0.1, -0.05) is 0 Å². The van der Waals surface area contributed by atoms with Crippen LogP contribution in [0.1, 0.15) is 23.2 Å². The van der Waals surface area contributed by atoms with Crippen LogP contribution in [0.3, 0.4) is 0 Å². The molecule has 0 aromatic heterocycles. The van der Waals surface area contributed by atoms with Gasteiger partial charge in [0.25, 0.3) is 5.91 Å². The van der Waals surface area contributed by atoms with Gasteiger partial charge in [-0.15, -0.1) is 0 Å². The number of hydrogen-bond acceptors (Lipinski definition) is 5. The van der Waals surface area contributed by atoms with Crippen LogP contribution in [0.4, 0.5) is 4.39 Å². The van der Waals surface area contributed by atoms with Crippen molar-refractivity contribution in [1.29, 1.82) is 0 Å². The van der Waals surface area contributed by atoms with Gasteiger partial charge in [-0.2, -0.15) is 0 Å². The molecular weight excluding hydrogens is 351 g/mol. The third-order valence-electron chi connectivity index (χ3n) is 5.11. The van der Waals surface area contributed by atoms with E-state index in [1.807, 2.05) is 0 Å². The first kappa shape index (κ1) is 17.7. The van der Waals surface area contributed by atoms with Crippen LogP contribution in [0.5, 0.6) is 5.75 Å². The minimum atomic E-state index is -3.58. The number of methoxy groups -OCH3 is 1. The summed E-state index contributed by atoms with van der Waals surface area (Å²) in [6, 6.07) is 3.95. The molecule has 1 aromatic carbocycles. The van der Waals surface area contributed by atoms with Crippen LogP contribution >= 0.6 is 0 Å². The molecule has 0 atom stereocenters. The average Bonchev–Trinajstić information content (AvgIpc) is 2.75. The standard InChI is InChI=1S/C16H19FN2O5S/c1-18-14(20)10-25(22,23)16(18)5-7-19(8-6-16)15(21)11-3-4-13(24-2)12(17)9-11/h3-4,9H,5-8,10H2,1-2H3. The molecule has 2 heterocycles. The van der Waals surface area contributed by atoms with E-state index in [0.717, 1.165) is 6.07 Å². The van der Waals surface area contributed by atoms with Crippen LogP contribution < -0.4 is 4.74 Å². The molecule has 136 valence electrons. The van der Waals surface area contributed by atoms with Gasteiger partial charge in [0.05, 0.1) is 7.11 Å². The Morgan fingerprint density at radius 2 is 1.92 bits per heavy atom. The molecule has 3 rings (SSSR count). The number of nitrogens with zero attached hydrogens (tertiary/aromatic N) is 2. The maximum atomic E-state index is 13.8. The second-order valence-electron chi connectivity index (χ2n) is 6.30. The van der Waals surface area contributed by atoms with E-state index in [9.17, 15) is 22.4 Å². The average molecular weight is 370 g/mol. The van der Waals surface area contributed by atoms with Crippen molar-refractivity contribution >= 4 is 21.7 Å². The molecule has 0 saturated carbocycles. The lowest BCUT2D eigenvalue weighted by molar-refractivity contribution is -0.129. The monoisotopic (exact) mass is 370 g/mol. The first-order valence-corrected chi connectivity index (χ1v) is 9.49. The summed E-state index contributed by atoms with van der Waals surface area (Å²) in [5.74, 6) is -1.86. The molecule has 2 aliphatic rings. The molecule has 2 amide bonds. The number of halogens is 1. The lowest BCUT2D eigenvalue weighted by Crippen LogP contribution is -2.55. The van der Waals surface area contributed by atoms with Crippen LogP contribution in [-0.2, 0) is 14.6 Å². The third-order valence-corrected chi connectivity index (χ3v) is 7.58. The Morgan fingerprint density at radius 1 is 1.28 bits per heavy atom. The SMILES string of the molecule is COc1ccc(C(=O)N2CCC3(CC2)N(C)C(=O)CS3(=O)=O)cc1F. The zero-order valence-electron chi connectivity index (χ0n) is 14.0. The van der Waals surface area contributed by atoms with Crippen LogP contribution in [0.15, 0.2) is 18.2 Å². The summed E-state index contributed by atoms with van der Waals surface area (Å²) in [5, 5.41) is 0. The normalized spacial score (nSPS) is 21.6. The number of amides is 2. The fourth-order valence-corrected chi connectivity index (χ4v) is 5.63. The van der Waals surface area contributed by atoms with Crippen LogP contribution in [0, 0.1) is 5.82 Å². The van der Waals surface area contributed by atoms with E-state index in [2.05, 4.69) is 0 Å². The van der Waals surface area contributed by atoms with Crippen molar-refractivity contribution in [1.82, 2.24) is 9.80 Å². The Kier molecular flexibility index (Phi) is 4.22. The first-order chi connectivity index (χ1) is 11.7. The van der Waals surface area contributed by atoms with Gasteiger partial charge in [-0.25, -0.2) is 12.8 Å². The predicted molar refractivity (Wildman–Crippen MR) is 87.4 cm³/mol. The van der Waals surface area contributed by atoms with Gasteiger partial charge in [0.2, 0.25) is 5.91 Å². The molecule has 0 bridgehead atoms. The molecule has 2 saturated heterocycles. The summed E-state index contributed by atoms with van der Waals surface area (Å²) in [7, 11) is -0.749. The number of benzene rings is 1. The predicted octanol–water partition coefficient (Wildman–Crippen LogP) is 0.653. The van der Waals surface area contributed by atoms with E-state index in [0.29, 0.717) is 0 Å². The van der Waals surface area contributed by atoms with E-state index in [1.54, 1.807) is 0 Å². The van der Waals surface area contributed by atoms with Gasteiger partial charge < -0.3 is 14.5 Å². The quantitative estimate of drug-likeness (QED) is 0.763. The van der Waals surface area contributed by atoms with Crippen molar-refractivity contribution in [2.45, 2.75) is 17.7 Å². The van der Waals surface area contributed by atoms with Crippen molar-refractivity contribution in [2.75, 3.05) is 33.0 Å². The van der Waals surface area contributed by atoms with Crippen molar-refractivity contribution < 1.29 is 27.1 Å². The number of carbonyl (C=O) groups is 2. The summed E-state index contributed by atoms with van der Waals surface area (Å²) in [6.45, 7) is 0.368. The molecule has 0 unspecified atom stereocenters. The number of hydrogen-bond donors (Lipinski definition) is 0. The molecule has 0 aliphatic carbocycles. The summed E-state index contributed by atoms with van der Waals surface area (Å²) in [6.07, 6.45) is 0.309. The molecule has 1 spiro atoms. The highest BCUT2D eigenvalue weighted by molar-refractivity contribution is 7.93. The maximum absolute atomic E-state index is 13.8. The molecule has 9 heteroatoms. The number of carbonyl (C=O) groups excluding carboxylic acids is 2. The second-order valence-corrected chi connectivity index (χ2v) is 8.58. The summed E-state index contributed by atoms with van der Waals surface area (Å²) >= 11 is 0. The fraction of sp³-hybridized carbons (Fsp3) is 0.500. The molecule has 2 aliphatic heterocycles. The largest absolute Gasteiger partial charge is 0.494 e. The van der Waals surface area contributed by atoms with Crippen molar-refractivity contribution in [2.24, 2.45) is 0 Å². The Morgan fingerprint density at radius 3 is 2.40 bits per heavy atom. The highest BCUT2D eigenvalue weighted by Crippen LogP contribution is 2.39. The molecule has 25 heavy (non-hydrogen) atoms. The second kappa shape index (κ2) is 5.98. The van der Waals surface area contributed by atoms with Gasteiger partial charge in [0.1, 0.15) is 10.6 Å². The number of ether oxygens (including phenoxy) is 1. The zero-order valence-corrected chi connectivity index (χ0v) is 14.8. The number of sulfone groups is 1. The van der Waals surface area contributed by atoms with Gasteiger partial charge >= 0.3 is 0 Å². The topological polar surface area (TPSA) is 84.0 Å². The minimum Gasteiger partial charge on any atom is -0.494 e. The number of rotatable bonds is 2. The summed E-state index contributed by atoms with van der Waals surface area (Å²) in [4.78, 5) is 25.9. The van der Waals surface area contributed by atoms with Crippen molar-refractivity contribution in [3.8, 4) is 5.75 Å². The highest BCUT2D eigenvalue weighted by Gasteiger charge is 2.57. The summed E-state index contributed by atoms with van der Waals surface area (Å²) < 4.78 is 43.4. The zero-order chi connectivity index (χ0) is 18.4. The number of piperidine rings is 1. The van der Waals surface area contributed by atoms with Crippen LogP contribution in [0.2, 0.25) is 0 Å². The first-order valence-electron chi connectivity index (χ1n) is 7.83. The molecule has 0 N–H and O–H groups in total. The lowest BCUT2D eigenvalue weighted by atomic mass is 10.0. The molecule has 0 radical (unpaired) electrons. The van der Waals surface area contributed by atoms with Crippen LogP contribution in [0.25, 0.3) is 0 Å². The van der Waals surface area contributed by atoms with Crippen molar-refractivity contribution in [3.63, 3.8) is 0 Å². The minimum absolute atomic E-state index is 0.0475. The Balaban J connectivity index is 1.77. The molecule has 2 fully saturated rings. The Hall–Kier alpha value is -2.16. The highest BCUT2D eigenvalue weighted by atomic mass is 32.2. The third kappa shape index (κ3) is 2.66. The van der Waals surface area contributed by atoms with E-state index < -0.39 is 32.2 Å². The van der Waals surface area contributed by atoms with Gasteiger partial charge in [-0.3, -0.25) is 9.59 Å². The molecule has 1 aromatic rings. The molecular formula is C16H19FN2O5S. The number of likely N-dealkylation sites (tertiary alicyclic amines) is 1. The van der Waals surface area contributed by atoms with Crippen molar-refractivity contribution in [3.05, 3.63) is 29.6 Å².